The number of rotatable bonds is 1. The van der Waals surface area contributed by atoms with Crippen LogP contribution in [0, 0.1) is 0 Å². The fourth-order valence-corrected chi connectivity index (χ4v) is 0.745. The van der Waals surface area contributed by atoms with Crippen LogP contribution >= 0.6 is 0 Å². The second-order valence-electron chi connectivity index (χ2n) is 2.28. The van der Waals surface area contributed by atoms with E-state index in [0.29, 0.717) is 13.2 Å². The molecule has 0 aromatic carbocycles. The molecule has 0 saturated carbocycles. The predicted molar refractivity (Wildman–Crippen MR) is 32.2 cm³/mol. The topological polar surface area (TPSA) is 38.7 Å². The Bertz CT molecular complexity index is 76.4. The van der Waals surface area contributed by atoms with Gasteiger partial charge in [-0.2, -0.15) is 0 Å². The van der Waals surface area contributed by atoms with Crippen molar-refractivity contribution in [1.82, 2.24) is 0 Å². The summed E-state index contributed by atoms with van der Waals surface area (Å²) in [5.74, 6) is 0. The molecule has 0 spiro atoms. The Balaban J connectivity index is 2.18. The first kappa shape index (κ1) is 6.99. The summed E-state index contributed by atoms with van der Waals surface area (Å²) in [4.78, 5) is 0. The van der Waals surface area contributed by atoms with E-state index in [1.165, 1.54) is 0 Å². The van der Waals surface area contributed by atoms with Crippen LogP contribution in [0.25, 0.3) is 0 Å². The van der Waals surface area contributed by atoms with Crippen molar-refractivity contribution in [1.29, 1.82) is 0 Å². The number of aliphatic hydroxyl groups is 1. The quantitative estimate of drug-likeness (QED) is 0.536. The van der Waals surface area contributed by atoms with E-state index < -0.39 is 0 Å². The van der Waals surface area contributed by atoms with Crippen LogP contribution < -0.4 is 0 Å². The summed E-state index contributed by atoms with van der Waals surface area (Å²) in [6.07, 6.45) is 0.0917. The van der Waals surface area contributed by atoms with E-state index in [1.54, 1.807) is 0 Å². The minimum atomic E-state index is -0.0961. The molecule has 0 aliphatic carbocycles. The normalized spacial score (nSPS) is 36.7. The standard InChI is InChI=1S/C6H12O3/c1-5-3-9-6(2-7)4-8-5/h5-7H,2-4H2,1H3/t5-,6-/m0/s1. The van der Waals surface area contributed by atoms with Crippen molar-refractivity contribution in [2.45, 2.75) is 19.1 Å². The SMILES string of the molecule is C[C@H]1CO[C@@H](CO)CO1. The van der Waals surface area contributed by atoms with Gasteiger partial charge in [0, 0.05) is 0 Å². The second-order valence-corrected chi connectivity index (χ2v) is 2.28. The number of hydrogen-bond donors (Lipinski definition) is 1. The van der Waals surface area contributed by atoms with Crippen LogP contribution in [-0.4, -0.2) is 37.1 Å². The van der Waals surface area contributed by atoms with Gasteiger partial charge in [-0.1, -0.05) is 0 Å². The fraction of sp³-hybridized carbons (Fsp3) is 1.00. The molecule has 1 aliphatic rings. The summed E-state index contributed by atoms with van der Waals surface area (Å²) in [6.45, 7) is 3.14. The molecule has 0 unspecified atom stereocenters. The molecule has 1 N–H and O–H groups in total. The lowest BCUT2D eigenvalue weighted by Crippen LogP contribution is -2.35. The molecule has 0 aromatic rings. The zero-order valence-corrected chi connectivity index (χ0v) is 5.54. The van der Waals surface area contributed by atoms with Gasteiger partial charge in [0.25, 0.3) is 0 Å². The molecule has 1 saturated heterocycles. The van der Waals surface area contributed by atoms with Crippen LogP contribution in [0.2, 0.25) is 0 Å². The van der Waals surface area contributed by atoms with Gasteiger partial charge in [0.05, 0.1) is 25.9 Å². The first-order chi connectivity index (χ1) is 4.33. The second kappa shape index (κ2) is 3.15. The van der Waals surface area contributed by atoms with Crippen LogP contribution in [-0.2, 0) is 9.47 Å². The van der Waals surface area contributed by atoms with E-state index >= 15 is 0 Å². The van der Waals surface area contributed by atoms with Gasteiger partial charge in [-0.3, -0.25) is 0 Å². The largest absolute Gasteiger partial charge is 0.394 e. The Kier molecular flexibility index (Phi) is 2.45. The lowest BCUT2D eigenvalue weighted by Gasteiger charge is -2.25. The maximum atomic E-state index is 8.57. The van der Waals surface area contributed by atoms with Gasteiger partial charge in [0.15, 0.2) is 0 Å². The monoisotopic (exact) mass is 132 g/mol. The van der Waals surface area contributed by atoms with Gasteiger partial charge >= 0.3 is 0 Å². The minimum Gasteiger partial charge on any atom is -0.394 e. The minimum absolute atomic E-state index is 0.0622. The average molecular weight is 132 g/mol. The van der Waals surface area contributed by atoms with E-state index in [9.17, 15) is 0 Å². The maximum Gasteiger partial charge on any atom is 0.104 e. The summed E-state index contributed by atoms with van der Waals surface area (Å²) in [6, 6.07) is 0. The van der Waals surface area contributed by atoms with Gasteiger partial charge in [-0.25, -0.2) is 0 Å². The van der Waals surface area contributed by atoms with Crippen molar-refractivity contribution >= 4 is 0 Å². The zero-order valence-electron chi connectivity index (χ0n) is 5.54. The highest BCUT2D eigenvalue weighted by Gasteiger charge is 2.17. The molecule has 0 bridgehead atoms. The summed E-state index contributed by atoms with van der Waals surface area (Å²) in [5.41, 5.74) is 0. The molecule has 9 heavy (non-hydrogen) atoms. The molecule has 1 aliphatic heterocycles. The van der Waals surface area contributed by atoms with E-state index in [4.69, 9.17) is 14.6 Å². The molecule has 3 heteroatoms. The highest BCUT2D eigenvalue weighted by molar-refractivity contribution is 4.62. The number of hydrogen-bond acceptors (Lipinski definition) is 3. The third kappa shape index (κ3) is 1.93. The Labute approximate surface area is 54.6 Å². The molecule has 1 rings (SSSR count). The van der Waals surface area contributed by atoms with Crippen LogP contribution in [0.15, 0.2) is 0 Å². The molecular weight excluding hydrogens is 120 g/mol. The van der Waals surface area contributed by atoms with Crippen molar-refractivity contribution in [2.24, 2.45) is 0 Å². The highest BCUT2D eigenvalue weighted by Crippen LogP contribution is 2.04. The lowest BCUT2D eigenvalue weighted by atomic mass is 10.3. The predicted octanol–water partition coefficient (Wildman–Crippen LogP) is -0.217. The summed E-state index contributed by atoms with van der Waals surface area (Å²) in [5, 5.41) is 8.57. The average Bonchev–Trinajstić information content (AvgIpc) is 1.90. The van der Waals surface area contributed by atoms with E-state index in [1.807, 2.05) is 6.92 Å². The molecule has 1 fully saturated rings. The van der Waals surface area contributed by atoms with Crippen molar-refractivity contribution in [3.63, 3.8) is 0 Å². The van der Waals surface area contributed by atoms with Crippen molar-refractivity contribution in [3.05, 3.63) is 0 Å². The van der Waals surface area contributed by atoms with E-state index in [2.05, 4.69) is 0 Å². The fourth-order valence-electron chi connectivity index (χ4n) is 0.745. The Hall–Kier alpha value is -0.120. The molecule has 0 amide bonds. The molecule has 1 heterocycles. The smallest absolute Gasteiger partial charge is 0.104 e. The van der Waals surface area contributed by atoms with Crippen molar-refractivity contribution in [2.75, 3.05) is 19.8 Å². The molecular formula is C6H12O3. The summed E-state index contributed by atoms with van der Waals surface area (Å²) >= 11 is 0. The Morgan fingerprint density at radius 1 is 1.44 bits per heavy atom. The van der Waals surface area contributed by atoms with Gasteiger partial charge in [-0.05, 0) is 6.92 Å². The maximum absolute atomic E-state index is 8.57. The molecule has 0 aromatic heterocycles. The van der Waals surface area contributed by atoms with E-state index in [-0.39, 0.29) is 18.8 Å². The third-order valence-electron chi connectivity index (χ3n) is 1.34. The molecule has 2 atom stereocenters. The summed E-state index contributed by atoms with van der Waals surface area (Å²) in [7, 11) is 0. The van der Waals surface area contributed by atoms with Gasteiger partial charge in [0.1, 0.15) is 6.10 Å². The first-order valence-corrected chi connectivity index (χ1v) is 3.17. The van der Waals surface area contributed by atoms with Crippen LogP contribution in [0.4, 0.5) is 0 Å². The Morgan fingerprint density at radius 3 is 2.67 bits per heavy atom. The molecule has 0 radical (unpaired) electrons. The third-order valence-corrected chi connectivity index (χ3v) is 1.34. The first-order valence-electron chi connectivity index (χ1n) is 3.17. The van der Waals surface area contributed by atoms with Crippen LogP contribution in [0.3, 0.4) is 0 Å². The van der Waals surface area contributed by atoms with Gasteiger partial charge in [-0.15, -0.1) is 0 Å². The van der Waals surface area contributed by atoms with Crippen LogP contribution in [0.5, 0.6) is 0 Å². The van der Waals surface area contributed by atoms with Gasteiger partial charge in [0.2, 0.25) is 0 Å². The van der Waals surface area contributed by atoms with Gasteiger partial charge < -0.3 is 14.6 Å². The summed E-state index contributed by atoms with van der Waals surface area (Å²) < 4.78 is 10.4. The van der Waals surface area contributed by atoms with Crippen molar-refractivity contribution in [3.8, 4) is 0 Å². The lowest BCUT2D eigenvalue weighted by molar-refractivity contribution is -0.138. The zero-order chi connectivity index (χ0) is 6.69. The highest BCUT2D eigenvalue weighted by atomic mass is 16.6. The van der Waals surface area contributed by atoms with Crippen molar-refractivity contribution < 1.29 is 14.6 Å². The van der Waals surface area contributed by atoms with Crippen LogP contribution in [0.1, 0.15) is 6.92 Å². The Morgan fingerprint density at radius 2 is 2.22 bits per heavy atom. The number of ether oxygens (including phenoxy) is 2. The molecule has 54 valence electrons. The molecule has 3 nitrogen and oxygen atoms in total. The van der Waals surface area contributed by atoms with E-state index in [0.717, 1.165) is 0 Å². The number of aliphatic hydroxyl groups excluding tert-OH is 1.